The molecule has 1 aliphatic rings. The van der Waals surface area contributed by atoms with Crippen LogP contribution < -0.4 is 14.8 Å². The van der Waals surface area contributed by atoms with E-state index in [0.29, 0.717) is 43.2 Å². The number of benzene rings is 1. The third kappa shape index (κ3) is 4.55. The van der Waals surface area contributed by atoms with Crippen LogP contribution >= 0.6 is 0 Å². The normalized spacial score (nSPS) is 16.0. The first kappa shape index (κ1) is 20.8. The van der Waals surface area contributed by atoms with E-state index in [1.165, 1.54) is 0 Å². The number of aromatic nitrogens is 1. The van der Waals surface area contributed by atoms with E-state index in [0.717, 1.165) is 5.56 Å². The molecule has 1 atom stereocenters. The third-order valence-corrected chi connectivity index (χ3v) is 5.08. The van der Waals surface area contributed by atoms with Crippen molar-refractivity contribution in [1.82, 2.24) is 14.8 Å². The molecule has 7 nitrogen and oxygen atoms in total. The molecule has 1 aromatic carbocycles. The Balaban J connectivity index is 1.65. The summed E-state index contributed by atoms with van der Waals surface area (Å²) in [5.41, 5.74) is 1.68. The van der Waals surface area contributed by atoms with Gasteiger partial charge in [0.1, 0.15) is 11.7 Å². The number of nitrogens with one attached hydrogen (secondary N) is 1. The molecule has 156 valence electrons. The zero-order chi connectivity index (χ0) is 21.0. The van der Waals surface area contributed by atoms with Crippen molar-refractivity contribution in [2.24, 2.45) is 5.92 Å². The van der Waals surface area contributed by atoms with E-state index >= 15 is 0 Å². The van der Waals surface area contributed by atoms with Crippen LogP contribution in [0, 0.1) is 5.92 Å². The molecular formula is C22H29N3O4. The van der Waals surface area contributed by atoms with Gasteiger partial charge in [-0.05, 0) is 42.2 Å². The fourth-order valence-corrected chi connectivity index (χ4v) is 3.65. The maximum atomic E-state index is 12.9. The number of hydrogen-bond donors (Lipinski definition) is 1. The first-order valence-corrected chi connectivity index (χ1v) is 9.89. The first-order chi connectivity index (χ1) is 13.9. The molecule has 1 aromatic heterocycles. The van der Waals surface area contributed by atoms with Crippen LogP contribution in [0.3, 0.4) is 0 Å². The number of ether oxygens (including phenoxy) is 2. The van der Waals surface area contributed by atoms with Crippen LogP contribution in [-0.2, 0) is 17.8 Å². The van der Waals surface area contributed by atoms with Crippen molar-refractivity contribution in [2.75, 3.05) is 27.3 Å². The number of rotatable bonds is 8. The van der Waals surface area contributed by atoms with Gasteiger partial charge in [0.2, 0.25) is 5.91 Å². The van der Waals surface area contributed by atoms with E-state index < -0.39 is 6.04 Å². The summed E-state index contributed by atoms with van der Waals surface area (Å²) in [5, 5.41) is 3.00. The Labute approximate surface area is 171 Å². The predicted molar refractivity (Wildman–Crippen MR) is 110 cm³/mol. The summed E-state index contributed by atoms with van der Waals surface area (Å²) in [6.07, 6.45) is 2.51. The van der Waals surface area contributed by atoms with Crippen LogP contribution in [0.2, 0.25) is 0 Å². The van der Waals surface area contributed by atoms with Crippen LogP contribution in [0.5, 0.6) is 11.5 Å². The Morgan fingerprint density at radius 1 is 1.21 bits per heavy atom. The predicted octanol–water partition coefficient (Wildman–Crippen LogP) is 2.34. The monoisotopic (exact) mass is 399 g/mol. The Morgan fingerprint density at radius 2 is 1.97 bits per heavy atom. The molecule has 3 rings (SSSR count). The lowest BCUT2D eigenvalue weighted by Gasteiger charge is -2.36. The van der Waals surface area contributed by atoms with Crippen molar-refractivity contribution < 1.29 is 19.1 Å². The second kappa shape index (κ2) is 9.03. The highest BCUT2D eigenvalue weighted by Gasteiger charge is 2.36. The summed E-state index contributed by atoms with van der Waals surface area (Å²) in [5.74, 6) is 1.40. The Hall–Kier alpha value is -2.96. The second-order valence-electron chi connectivity index (χ2n) is 7.64. The van der Waals surface area contributed by atoms with Crippen LogP contribution in [0.4, 0.5) is 0 Å². The minimum Gasteiger partial charge on any atom is -0.493 e. The van der Waals surface area contributed by atoms with Gasteiger partial charge in [-0.1, -0.05) is 19.9 Å². The molecular weight excluding hydrogens is 370 g/mol. The van der Waals surface area contributed by atoms with Crippen LogP contribution in [-0.4, -0.2) is 54.6 Å². The van der Waals surface area contributed by atoms with Gasteiger partial charge in [0.15, 0.2) is 11.5 Å². The molecule has 0 saturated carbocycles. The van der Waals surface area contributed by atoms with E-state index in [1.54, 1.807) is 25.2 Å². The van der Waals surface area contributed by atoms with E-state index in [9.17, 15) is 9.59 Å². The lowest BCUT2D eigenvalue weighted by molar-refractivity contribution is -0.126. The average Bonchev–Trinajstić information content (AvgIpc) is 3.18. The van der Waals surface area contributed by atoms with Gasteiger partial charge >= 0.3 is 0 Å². The van der Waals surface area contributed by atoms with Gasteiger partial charge in [0, 0.05) is 19.3 Å². The van der Waals surface area contributed by atoms with Crippen molar-refractivity contribution in [3.05, 3.63) is 47.8 Å². The van der Waals surface area contributed by atoms with Crippen LogP contribution in [0.1, 0.15) is 29.9 Å². The standard InChI is InChI=1S/C22H29N3O4/c1-15(2)13-25-18(14-24-11-5-6-17(24)22(25)27)21(26)23-10-9-16-7-8-19(28-3)20(12-16)29-4/h5-8,11-12,15,18H,9-10,13-14H2,1-4H3,(H,23,26). The molecule has 2 aromatic rings. The molecule has 0 spiro atoms. The summed E-state index contributed by atoms with van der Waals surface area (Å²) in [6.45, 7) is 5.60. The number of hydrogen-bond acceptors (Lipinski definition) is 4. The molecule has 2 heterocycles. The smallest absolute Gasteiger partial charge is 0.271 e. The van der Waals surface area contributed by atoms with Gasteiger partial charge in [-0.3, -0.25) is 9.59 Å². The minimum absolute atomic E-state index is 0.0880. The minimum atomic E-state index is -0.504. The summed E-state index contributed by atoms with van der Waals surface area (Å²) in [6, 6.07) is 8.86. The van der Waals surface area contributed by atoms with Gasteiger partial charge in [0.05, 0.1) is 20.8 Å². The van der Waals surface area contributed by atoms with Gasteiger partial charge in [0.25, 0.3) is 5.91 Å². The average molecular weight is 399 g/mol. The number of amides is 2. The largest absolute Gasteiger partial charge is 0.493 e. The van der Waals surface area contributed by atoms with Gasteiger partial charge < -0.3 is 24.3 Å². The molecule has 1 N–H and O–H groups in total. The zero-order valence-electron chi connectivity index (χ0n) is 17.5. The quantitative estimate of drug-likeness (QED) is 0.740. The fraction of sp³-hybridized carbons (Fsp3) is 0.455. The molecule has 0 saturated heterocycles. The molecule has 7 heteroatoms. The lowest BCUT2D eigenvalue weighted by atomic mass is 10.1. The highest BCUT2D eigenvalue weighted by molar-refractivity contribution is 5.97. The van der Waals surface area contributed by atoms with Gasteiger partial charge in [-0.2, -0.15) is 0 Å². The highest BCUT2D eigenvalue weighted by atomic mass is 16.5. The number of methoxy groups -OCH3 is 2. The van der Waals surface area contributed by atoms with Crippen molar-refractivity contribution in [3.8, 4) is 11.5 Å². The maximum Gasteiger partial charge on any atom is 0.271 e. The third-order valence-electron chi connectivity index (χ3n) is 5.08. The number of nitrogens with zero attached hydrogens (tertiary/aromatic N) is 2. The van der Waals surface area contributed by atoms with Crippen molar-refractivity contribution in [3.63, 3.8) is 0 Å². The van der Waals surface area contributed by atoms with Crippen LogP contribution in [0.15, 0.2) is 36.5 Å². The van der Waals surface area contributed by atoms with Crippen molar-refractivity contribution in [2.45, 2.75) is 32.9 Å². The summed E-state index contributed by atoms with van der Waals surface area (Å²) in [7, 11) is 3.20. The second-order valence-corrected chi connectivity index (χ2v) is 7.64. The Bertz CT molecular complexity index is 875. The molecule has 29 heavy (non-hydrogen) atoms. The zero-order valence-corrected chi connectivity index (χ0v) is 17.5. The van der Waals surface area contributed by atoms with Gasteiger partial charge in [-0.15, -0.1) is 0 Å². The molecule has 1 unspecified atom stereocenters. The summed E-state index contributed by atoms with van der Waals surface area (Å²) < 4.78 is 12.4. The van der Waals surface area contributed by atoms with Crippen molar-refractivity contribution >= 4 is 11.8 Å². The SMILES string of the molecule is COc1ccc(CCNC(=O)C2Cn3cccc3C(=O)N2CC(C)C)cc1OC. The fourth-order valence-electron chi connectivity index (χ4n) is 3.65. The first-order valence-electron chi connectivity index (χ1n) is 9.89. The Kier molecular flexibility index (Phi) is 6.46. The number of carbonyl (C=O) groups is 2. The van der Waals surface area contributed by atoms with Crippen LogP contribution in [0.25, 0.3) is 0 Å². The molecule has 2 amide bonds. The van der Waals surface area contributed by atoms with E-state index in [1.807, 2.05) is 48.9 Å². The summed E-state index contributed by atoms with van der Waals surface area (Å²) in [4.78, 5) is 27.5. The maximum absolute atomic E-state index is 12.9. The Morgan fingerprint density at radius 3 is 2.66 bits per heavy atom. The molecule has 0 fully saturated rings. The molecule has 0 bridgehead atoms. The molecule has 0 radical (unpaired) electrons. The lowest BCUT2D eigenvalue weighted by Crippen LogP contribution is -2.56. The van der Waals surface area contributed by atoms with E-state index in [-0.39, 0.29) is 17.7 Å². The van der Waals surface area contributed by atoms with Crippen molar-refractivity contribution in [1.29, 1.82) is 0 Å². The number of carbonyl (C=O) groups excluding carboxylic acids is 2. The molecule has 1 aliphatic heterocycles. The van der Waals surface area contributed by atoms with Gasteiger partial charge in [-0.25, -0.2) is 0 Å². The van der Waals surface area contributed by atoms with E-state index in [4.69, 9.17) is 9.47 Å². The number of fused-ring (bicyclic) bond motifs is 1. The topological polar surface area (TPSA) is 72.8 Å². The summed E-state index contributed by atoms with van der Waals surface area (Å²) >= 11 is 0. The highest BCUT2D eigenvalue weighted by Crippen LogP contribution is 2.27. The molecule has 0 aliphatic carbocycles. The van der Waals surface area contributed by atoms with E-state index in [2.05, 4.69) is 5.32 Å².